The van der Waals surface area contributed by atoms with Crippen molar-refractivity contribution in [3.63, 3.8) is 0 Å². The number of piperazine rings is 1. The first-order valence-corrected chi connectivity index (χ1v) is 11.7. The molecule has 3 atom stereocenters. The number of hydrogen-bond donors (Lipinski definition) is 1. The zero-order valence-corrected chi connectivity index (χ0v) is 18.9. The molecule has 0 aromatic carbocycles. The van der Waals surface area contributed by atoms with Crippen LogP contribution in [0.3, 0.4) is 0 Å². The Labute approximate surface area is 195 Å². The molecule has 1 saturated carbocycles. The Morgan fingerprint density at radius 3 is 2.73 bits per heavy atom. The number of anilines is 2. The first-order chi connectivity index (χ1) is 16.1. The maximum atomic E-state index is 14.5. The first kappa shape index (κ1) is 21.8. The monoisotopic (exact) mass is 453 g/mol. The first-order valence-electron chi connectivity index (χ1n) is 11.7. The number of amides is 1. The van der Waals surface area contributed by atoms with Gasteiger partial charge in [-0.25, -0.2) is 9.37 Å². The van der Waals surface area contributed by atoms with Crippen LogP contribution >= 0.6 is 0 Å². The molecule has 5 rings (SSSR count). The van der Waals surface area contributed by atoms with E-state index in [9.17, 15) is 9.18 Å². The van der Waals surface area contributed by atoms with Crippen LogP contribution in [0.4, 0.5) is 16.2 Å². The largest absolute Gasteiger partial charge is 0.353 e. The summed E-state index contributed by atoms with van der Waals surface area (Å²) < 4.78 is 14.5. The summed E-state index contributed by atoms with van der Waals surface area (Å²) >= 11 is 0. The summed E-state index contributed by atoms with van der Waals surface area (Å²) in [5, 5.41) is 2.96. The fourth-order valence-electron chi connectivity index (χ4n) is 5.05. The van der Waals surface area contributed by atoms with Crippen LogP contribution in [0.15, 0.2) is 36.8 Å². The van der Waals surface area contributed by atoms with Gasteiger partial charge in [-0.2, -0.15) is 4.98 Å². The van der Waals surface area contributed by atoms with E-state index in [1.807, 2.05) is 12.1 Å². The van der Waals surface area contributed by atoms with Crippen LogP contribution in [0.5, 0.6) is 0 Å². The van der Waals surface area contributed by atoms with E-state index in [1.165, 1.54) is 6.20 Å². The van der Waals surface area contributed by atoms with Gasteiger partial charge in [0.15, 0.2) is 11.6 Å². The van der Waals surface area contributed by atoms with Crippen LogP contribution in [0, 0.1) is 23.6 Å². The van der Waals surface area contributed by atoms with Crippen molar-refractivity contribution in [3.8, 4) is 0 Å². The lowest BCUT2D eigenvalue weighted by molar-refractivity contribution is -0.116. The van der Waals surface area contributed by atoms with Gasteiger partial charge in [0.05, 0.1) is 6.20 Å². The maximum Gasteiger partial charge on any atom is 0.244 e. The van der Waals surface area contributed by atoms with Gasteiger partial charge < -0.3 is 20.0 Å². The standard InChI is InChI=1S/C24H30FN7O.H2/c1-30-9-11-31(12-10-30)24-28-14-21(25)23(29-24)32-15-19-18(20(19)16-32)6-8-27-22(33)5-4-17-3-2-7-26-13-17;/h2-5,7,13-14,18-20H,6,8-12,15-16H2,1H3,(H,27,33);1H/b5-4+;/t18?,19-,20+;. The zero-order valence-electron chi connectivity index (χ0n) is 18.9. The highest BCUT2D eigenvalue weighted by molar-refractivity contribution is 5.91. The summed E-state index contributed by atoms with van der Waals surface area (Å²) in [6.07, 6.45) is 8.99. The van der Waals surface area contributed by atoms with Gasteiger partial charge in [0.1, 0.15) is 0 Å². The molecule has 1 unspecified atom stereocenters. The molecule has 2 saturated heterocycles. The second-order valence-electron chi connectivity index (χ2n) is 9.23. The number of nitrogens with one attached hydrogen (secondary N) is 1. The number of pyridine rings is 1. The normalized spacial score (nSPS) is 24.8. The Balaban J connectivity index is 0.00000274. The van der Waals surface area contributed by atoms with E-state index in [1.54, 1.807) is 24.5 Å². The number of hydrogen-bond acceptors (Lipinski definition) is 7. The maximum absolute atomic E-state index is 14.5. The molecule has 0 radical (unpaired) electrons. The smallest absolute Gasteiger partial charge is 0.244 e. The van der Waals surface area contributed by atoms with Gasteiger partial charge in [0.2, 0.25) is 11.9 Å². The minimum Gasteiger partial charge on any atom is -0.353 e. The Morgan fingerprint density at radius 2 is 2.00 bits per heavy atom. The summed E-state index contributed by atoms with van der Waals surface area (Å²) in [7, 11) is 2.10. The van der Waals surface area contributed by atoms with Crippen molar-refractivity contribution >= 4 is 23.7 Å². The molecule has 4 heterocycles. The highest BCUT2D eigenvalue weighted by atomic mass is 19.1. The number of carbonyl (C=O) groups excluding carboxylic acids is 1. The van der Waals surface area contributed by atoms with E-state index < -0.39 is 0 Å². The summed E-state index contributed by atoms with van der Waals surface area (Å²) in [4.78, 5) is 31.4. The van der Waals surface area contributed by atoms with Crippen LogP contribution in [0.2, 0.25) is 0 Å². The molecular weight excluding hydrogens is 421 g/mol. The summed E-state index contributed by atoms with van der Waals surface area (Å²) in [6, 6.07) is 3.75. The lowest BCUT2D eigenvalue weighted by Gasteiger charge is -2.33. The number of piperidine rings is 1. The van der Waals surface area contributed by atoms with Crippen molar-refractivity contribution < 1.29 is 10.6 Å². The molecule has 1 aliphatic carbocycles. The number of fused-ring (bicyclic) bond motifs is 1. The highest BCUT2D eigenvalue weighted by Gasteiger charge is 2.55. The predicted octanol–water partition coefficient (Wildman–Crippen LogP) is 1.91. The average Bonchev–Trinajstić information content (AvgIpc) is 3.27. The van der Waals surface area contributed by atoms with Crippen molar-refractivity contribution in [3.05, 3.63) is 48.2 Å². The summed E-state index contributed by atoms with van der Waals surface area (Å²) in [6.45, 7) is 5.93. The lowest BCUT2D eigenvalue weighted by atomic mass is 10.2. The van der Waals surface area contributed by atoms with Gasteiger partial charge >= 0.3 is 0 Å². The van der Waals surface area contributed by atoms with E-state index in [2.05, 4.69) is 42.0 Å². The topological polar surface area (TPSA) is 77.5 Å². The highest BCUT2D eigenvalue weighted by Crippen LogP contribution is 2.54. The molecule has 2 aliphatic heterocycles. The Bertz CT molecular complexity index is 1000. The van der Waals surface area contributed by atoms with Gasteiger partial charge in [-0.3, -0.25) is 9.78 Å². The number of nitrogens with zero attached hydrogens (tertiary/aromatic N) is 6. The predicted molar refractivity (Wildman–Crippen MR) is 127 cm³/mol. The van der Waals surface area contributed by atoms with Gasteiger partial charge in [0.25, 0.3) is 0 Å². The molecule has 8 nitrogen and oxygen atoms in total. The molecule has 2 aromatic rings. The number of rotatable bonds is 7. The van der Waals surface area contributed by atoms with Gasteiger partial charge in [-0.05, 0) is 48.9 Å². The number of likely N-dealkylation sites (N-methyl/N-ethyl adjacent to an activating group) is 1. The number of carbonyl (C=O) groups is 1. The summed E-state index contributed by atoms with van der Waals surface area (Å²) in [5.74, 6) is 2.30. The van der Waals surface area contributed by atoms with Crippen molar-refractivity contribution in [2.75, 3.05) is 62.7 Å². The van der Waals surface area contributed by atoms with Gasteiger partial charge in [0, 0.05) is 65.7 Å². The fourth-order valence-corrected chi connectivity index (χ4v) is 5.05. The van der Waals surface area contributed by atoms with Crippen LogP contribution in [0.1, 0.15) is 13.4 Å². The lowest BCUT2D eigenvalue weighted by Crippen LogP contribution is -2.45. The van der Waals surface area contributed by atoms with Crippen molar-refractivity contribution in [2.45, 2.75) is 6.42 Å². The van der Waals surface area contributed by atoms with Crippen LogP contribution in [-0.4, -0.2) is 78.6 Å². The molecule has 1 N–H and O–H groups in total. The second-order valence-corrected chi connectivity index (χ2v) is 9.23. The van der Waals surface area contributed by atoms with Crippen molar-refractivity contribution in [2.24, 2.45) is 17.8 Å². The Kier molecular flexibility index (Phi) is 6.22. The number of aromatic nitrogens is 3. The summed E-state index contributed by atoms with van der Waals surface area (Å²) in [5.41, 5.74) is 0.900. The van der Waals surface area contributed by atoms with Crippen LogP contribution in [-0.2, 0) is 4.79 Å². The SMILES string of the molecule is CN1CCN(c2ncc(F)c(N3C[C@@H]4C(CCNC(=O)/C=C/c5cccnc5)[C@@H]4C3)n2)CC1.[HH]. The molecule has 9 heteroatoms. The third kappa shape index (κ3) is 4.98. The quantitative estimate of drug-likeness (QED) is 0.642. The minimum absolute atomic E-state index is 0. The number of halogens is 1. The molecule has 0 bridgehead atoms. The second kappa shape index (κ2) is 9.43. The Hall–Kier alpha value is -3.07. The molecule has 33 heavy (non-hydrogen) atoms. The third-order valence-electron chi connectivity index (χ3n) is 7.06. The van der Waals surface area contributed by atoms with E-state index in [0.29, 0.717) is 36.1 Å². The molecule has 1 amide bonds. The van der Waals surface area contributed by atoms with E-state index in [0.717, 1.165) is 51.3 Å². The molecule has 3 fully saturated rings. The zero-order chi connectivity index (χ0) is 22.8. The van der Waals surface area contributed by atoms with Crippen molar-refractivity contribution in [1.29, 1.82) is 0 Å². The van der Waals surface area contributed by atoms with Gasteiger partial charge in [-0.1, -0.05) is 6.07 Å². The fraction of sp³-hybridized carbons (Fsp3) is 0.500. The third-order valence-corrected chi connectivity index (χ3v) is 7.06. The molecule has 3 aliphatic rings. The van der Waals surface area contributed by atoms with Crippen molar-refractivity contribution in [1.82, 2.24) is 25.2 Å². The molecule has 2 aromatic heterocycles. The van der Waals surface area contributed by atoms with E-state index >= 15 is 0 Å². The minimum atomic E-state index is -0.349. The van der Waals surface area contributed by atoms with Crippen LogP contribution < -0.4 is 15.1 Å². The average molecular weight is 454 g/mol. The molecular formula is C24H32FN7O. The Morgan fingerprint density at radius 1 is 1.21 bits per heavy atom. The molecule has 0 spiro atoms. The van der Waals surface area contributed by atoms with Gasteiger partial charge in [-0.15, -0.1) is 0 Å². The van der Waals surface area contributed by atoms with E-state index in [-0.39, 0.29) is 13.2 Å². The van der Waals surface area contributed by atoms with Crippen LogP contribution in [0.25, 0.3) is 6.08 Å². The molecule has 176 valence electrons. The van der Waals surface area contributed by atoms with E-state index in [4.69, 9.17) is 0 Å².